The molecule has 0 aromatic heterocycles. The summed E-state index contributed by atoms with van der Waals surface area (Å²) in [7, 11) is 0. The van der Waals surface area contributed by atoms with Crippen molar-refractivity contribution in [3.63, 3.8) is 0 Å². The first-order valence-electron chi connectivity index (χ1n) is 10.9. The Morgan fingerprint density at radius 2 is 1.85 bits per heavy atom. The van der Waals surface area contributed by atoms with Crippen molar-refractivity contribution in [1.82, 2.24) is 10.7 Å². The van der Waals surface area contributed by atoms with Gasteiger partial charge in [-0.1, -0.05) is 44.0 Å². The molecule has 2 aromatic rings. The molecule has 10 heteroatoms. The first-order valence-corrected chi connectivity index (χ1v) is 12.4. The van der Waals surface area contributed by atoms with Gasteiger partial charge in [-0.05, 0) is 71.1 Å². The first kappa shape index (κ1) is 28.0. The van der Waals surface area contributed by atoms with Gasteiger partial charge in [0.1, 0.15) is 6.04 Å². The Bertz CT molecular complexity index is 1050. The van der Waals surface area contributed by atoms with Crippen molar-refractivity contribution in [2.45, 2.75) is 40.2 Å². The largest absolute Gasteiger partial charge is 0.490 e. The van der Waals surface area contributed by atoms with E-state index in [4.69, 9.17) is 32.7 Å². The number of amides is 2. The van der Waals surface area contributed by atoms with Crippen LogP contribution in [0.1, 0.15) is 50.0 Å². The van der Waals surface area contributed by atoms with Gasteiger partial charge in [0, 0.05) is 5.56 Å². The highest BCUT2D eigenvalue weighted by atomic mass is 79.9. The van der Waals surface area contributed by atoms with Gasteiger partial charge in [-0.2, -0.15) is 5.10 Å². The Hall–Kier alpha value is -2.29. The van der Waals surface area contributed by atoms with Crippen LogP contribution in [0, 0.1) is 5.92 Å². The van der Waals surface area contributed by atoms with Gasteiger partial charge >= 0.3 is 0 Å². The van der Waals surface area contributed by atoms with Crippen LogP contribution in [0.4, 0.5) is 0 Å². The third-order valence-corrected chi connectivity index (χ3v) is 5.92. The zero-order valence-electron chi connectivity index (χ0n) is 19.5. The van der Waals surface area contributed by atoms with E-state index in [-0.39, 0.29) is 10.9 Å². The number of ether oxygens (including phenoxy) is 2. The Balaban J connectivity index is 2.11. The van der Waals surface area contributed by atoms with Gasteiger partial charge in [-0.25, -0.2) is 5.43 Å². The summed E-state index contributed by atoms with van der Waals surface area (Å²) in [6, 6.07) is 7.30. The number of hydrogen-bond donors (Lipinski definition) is 2. The van der Waals surface area contributed by atoms with Gasteiger partial charge in [0.25, 0.3) is 11.8 Å². The van der Waals surface area contributed by atoms with E-state index >= 15 is 0 Å². The highest BCUT2D eigenvalue weighted by Gasteiger charge is 2.25. The lowest BCUT2D eigenvalue weighted by Gasteiger charge is -2.20. The molecule has 0 saturated heterocycles. The molecule has 0 aliphatic carbocycles. The fourth-order valence-corrected chi connectivity index (χ4v) is 3.78. The minimum Gasteiger partial charge on any atom is -0.490 e. The molecule has 0 aliphatic heterocycles. The van der Waals surface area contributed by atoms with Crippen LogP contribution < -0.4 is 20.2 Å². The van der Waals surface area contributed by atoms with Crippen LogP contribution in [0.2, 0.25) is 10.0 Å². The van der Waals surface area contributed by atoms with Gasteiger partial charge in [0.05, 0.1) is 33.9 Å². The number of hydrazone groups is 1. The Kier molecular flexibility index (Phi) is 11.1. The lowest BCUT2D eigenvalue weighted by molar-refractivity contribution is -0.123. The Morgan fingerprint density at radius 1 is 1.12 bits per heavy atom. The summed E-state index contributed by atoms with van der Waals surface area (Å²) in [5.41, 5.74) is 3.49. The summed E-state index contributed by atoms with van der Waals surface area (Å²) < 4.78 is 12.2. The minimum atomic E-state index is -0.811. The molecule has 0 aliphatic rings. The molecule has 2 amide bonds. The summed E-state index contributed by atoms with van der Waals surface area (Å²) in [6.07, 6.45) is 2.36. The van der Waals surface area contributed by atoms with Gasteiger partial charge < -0.3 is 14.8 Å². The molecule has 7 nitrogen and oxygen atoms in total. The molecule has 0 fully saturated rings. The van der Waals surface area contributed by atoms with E-state index in [1.807, 2.05) is 33.8 Å². The average molecular weight is 573 g/mol. The molecule has 2 N–H and O–H groups in total. The van der Waals surface area contributed by atoms with Crippen LogP contribution in [-0.4, -0.2) is 37.3 Å². The van der Waals surface area contributed by atoms with Crippen molar-refractivity contribution in [1.29, 1.82) is 0 Å². The van der Waals surface area contributed by atoms with Crippen LogP contribution >= 0.6 is 39.1 Å². The lowest BCUT2D eigenvalue weighted by Crippen LogP contribution is -2.48. The Labute approximate surface area is 218 Å². The molecule has 34 heavy (non-hydrogen) atoms. The monoisotopic (exact) mass is 571 g/mol. The number of halogens is 3. The van der Waals surface area contributed by atoms with E-state index in [9.17, 15) is 9.59 Å². The molecule has 2 rings (SSSR count). The van der Waals surface area contributed by atoms with Gasteiger partial charge in [0.2, 0.25) is 0 Å². The number of hydrogen-bond acceptors (Lipinski definition) is 5. The zero-order valence-corrected chi connectivity index (χ0v) is 22.6. The molecule has 0 saturated carbocycles. The topological polar surface area (TPSA) is 89.0 Å². The standard InChI is InChI=1S/C24H28BrCl2N3O4/c1-5-9-34-22-17(25)10-15(11-20(22)33-6-2)13-28-30-24(32)21(14(3)4)29-23(31)16-7-8-18(26)19(27)12-16/h7-8,10-14,21H,5-6,9H2,1-4H3,(H,29,31)(H,30,32). The van der Waals surface area contributed by atoms with Crippen molar-refractivity contribution in [3.8, 4) is 11.5 Å². The number of carbonyl (C=O) groups excluding carboxylic acids is 2. The molecular weight excluding hydrogens is 545 g/mol. The first-order chi connectivity index (χ1) is 16.2. The van der Waals surface area contributed by atoms with Crippen LogP contribution in [0.15, 0.2) is 39.9 Å². The van der Waals surface area contributed by atoms with E-state index in [1.54, 1.807) is 12.1 Å². The Morgan fingerprint density at radius 3 is 2.47 bits per heavy atom. The maximum atomic E-state index is 12.7. The smallest absolute Gasteiger partial charge is 0.262 e. The summed E-state index contributed by atoms with van der Waals surface area (Å²) in [5, 5.41) is 7.37. The van der Waals surface area contributed by atoms with Gasteiger partial charge in [-0.3, -0.25) is 9.59 Å². The fourth-order valence-electron chi connectivity index (χ4n) is 2.91. The SMILES string of the molecule is CCCOc1c(Br)cc(C=NNC(=O)C(NC(=O)c2ccc(Cl)c(Cl)c2)C(C)C)cc1OCC. The van der Waals surface area contributed by atoms with Crippen molar-refractivity contribution < 1.29 is 19.1 Å². The lowest BCUT2D eigenvalue weighted by atomic mass is 10.0. The quantitative estimate of drug-likeness (QED) is 0.261. The summed E-state index contributed by atoms with van der Waals surface area (Å²) >= 11 is 15.4. The van der Waals surface area contributed by atoms with Crippen LogP contribution in [0.3, 0.4) is 0 Å². The van der Waals surface area contributed by atoms with E-state index in [1.165, 1.54) is 18.3 Å². The molecule has 0 bridgehead atoms. The minimum absolute atomic E-state index is 0.185. The number of rotatable bonds is 11. The second kappa shape index (κ2) is 13.6. The highest BCUT2D eigenvalue weighted by molar-refractivity contribution is 9.10. The molecule has 2 aromatic carbocycles. The molecule has 1 unspecified atom stereocenters. The summed E-state index contributed by atoms with van der Waals surface area (Å²) in [5.74, 6) is 0.119. The highest BCUT2D eigenvalue weighted by Crippen LogP contribution is 2.36. The molecule has 0 heterocycles. The third-order valence-electron chi connectivity index (χ3n) is 4.59. The molecular formula is C24H28BrCl2N3O4. The summed E-state index contributed by atoms with van der Waals surface area (Å²) in [4.78, 5) is 25.3. The van der Waals surface area contributed by atoms with Crippen LogP contribution in [0.25, 0.3) is 0 Å². The number of carbonyl (C=O) groups is 2. The predicted molar refractivity (Wildman–Crippen MR) is 139 cm³/mol. The predicted octanol–water partition coefficient (Wildman–Crippen LogP) is 5.85. The maximum absolute atomic E-state index is 12.7. The number of nitrogens with one attached hydrogen (secondary N) is 2. The van der Waals surface area contributed by atoms with Crippen molar-refractivity contribution in [3.05, 3.63) is 56.0 Å². The molecule has 0 radical (unpaired) electrons. The fraction of sp³-hybridized carbons (Fsp3) is 0.375. The van der Waals surface area contributed by atoms with Crippen molar-refractivity contribution in [2.24, 2.45) is 11.0 Å². The second-order valence-corrected chi connectivity index (χ2v) is 9.34. The van der Waals surface area contributed by atoms with E-state index in [0.717, 1.165) is 6.42 Å². The second-order valence-electron chi connectivity index (χ2n) is 7.67. The van der Waals surface area contributed by atoms with E-state index < -0.39 is 17.9 Å². The number of benzene rings is 2. The molecule has 184 valence electrons. The van der Waals surface area contributed by atoms with Gasteiger partial charge in [-0.15, -0.1) is 0 Å². The summed E-state index contributed by atoms with van der Waals surface area (Å²) in [6.45, 7) is 8.59. The average Bonchev–Trinajstić information content (AvgIpc) is 2.78. The number of nitrogens with zero attached hydrogens (tertiary/aromatic N) is 1. The van der Waals surface area contributed by atoms with Crippen molar-refractivity contribution >= 4 is 57.2 Å². The molecule has 0 spiro atoms. The van der Waals surface area contributed by atoms with Crippen molar-refractivity contribution in [2.75, 3.05) is 13.2 Å². The van der Waals surface area contributed by atoms with Gasteiger partial charge in [0.15, 0.2) is 11.5 Å². The normalized spacial score (nSPS) is 12.0. The third kappa shape index (κ3) is 7.89. The molecule has 1 atom stereocenters. The maximum Gasteiger partial charge on any atom is 0.262 e. The van der Waals surface area contributed by atoms with Crippen LogP contribution in [0.5, 0.6) is 11.5 Å². The van der Waals surface area contributed by atoms with E-state index in [0.29, 0.717) is 45.3 Å². The van der Waals surface area contributed by atoms with E-state index in [2.05, 4.69) is 31.8 Å². The zero-order chi connectivity index (χ0) is 25.3. The van der Waals surface area contributed by atoms with Crippen LogP contribution in [-0.2, 0) is 4.79 Å².